The summed E-state index contributed by atoms with van der Waals surface area (Å²) < 4.78 is 0. The van der Waals surface area contributed by atoms with Gasteiger partial charge in [0.25, 0.3) is 0 Å². The lowest BCUT2D eigenvalue weighted by Crippen LogP contribution is -2.36. The lowest BCUT2D eigenvalue weighted by Gasteiger charge is -2.37. The number of allylic oxidation sites excluding steroid dienone is 4. The number of rotatable bonds is 4. The molecule has 80 valence electrons. The van der Waals surface area contributed by atoms with Crippen LogP contribution in [-0.4, -0.2) is 11.2 Å². The van der Waals surface area contributed by atoms with E-state index in [9.17, 15) is 5.11 Å². The minimum absolute atomic E-state index is 0.00271. The number of aliphatic hydroxyl groups is 1. The van der Waals surface area contributed by atoms with E-state index in [0.717, 1.165) is 19.3 Å². The zero-order valence-electron chi connectivity index (χ0n) is 9.53. The van der Waals surface area contributed by atoms with Crippen LogP contribution in [0.5, 0.6) is 0 Å². The van der Waals surface area contributed by atoms with Gasteiger partial charge in [-0.05, 0) is 24.2 Å². The maximum Gasteiger partial charge on any atom is 0.0596 e. The van der Waals surface area contributed by atoms with Crippen LogP contribution in [0.1, 0.15) is 40.0 Å². The molecule has 1 rings (SSSR count). The molecule has 0 aromatic heterocycles. The molecule has 1 heteroatoms. The molecule has 0 aromatic carbocycles. The Bertz CT molecular complexity index is 225. The third-order valence-electron chi connectivity index (χ3n) is 3.36. The minimum Gasteiger partial charge on any atom is -0.393 e. The molecule has 0 saturated carbocycles. The fourth-order valence-electron chi connectivity index (χ4n) is 2.02. The van der Waals surface area contributed by atoms with Crippen LogP contribution in [0.2, 0.25) is 0 Å². The van der Waals surface area contributed by atoms with Gasteiger partial charge in [-0.25, -0.2) is 0 Å². The molecule has 1 unspecified atom stereocenters. The summed E-state index contributed by atoms with van der Waals surface area (Å²) in [7, 11) is 0. The van der Waals surface area contributed by atoms with E-state index in [0.29, 0.717) is 5.92 Å². The van der Waals surface area contributed by atoms with E-state index in [1.807, 2.05) is 0 Å². The highest BCUT2D eigenvalue weighted by atomic mass is 16.3. The summed E-state index contributed by atoms with van der Waals surface area (Å²) in [4.78, 5) is 0. The Labute approximate surface area is 87.5 Å². The summed E-state index contributed by atoms with van der Waals surface area (Å²) in [5.41, 5.74) is -0.00271. The molecule has 14 heavy (non-hydrogen) atoms. The smallest absolute Gasteiger partial charge is 0.0596 e. The molecule has 0 amide bonds. The molecule has 0 spiro atoms. The Kier molecular flexibility index (Phi) is 3.94. The van der Waals surface area contributed by atoms with Crippen molar-refractivity contribution in [1.29, 1.82) is 0 Å². The quantitative estimate of drug-likeness (QED) is 0.728. The van der Waals surface area contributed by atoms with E-state index in [1.165, 1.54) is 0 Å². The van der Waals surface area contributed by atoms with Crippen LogP contribution >= 0.6 is 0 Å². The number of aliphatic hydroxyl groups excluding tert-OH is 1. The van der Waals surface area contributed by atoms with Crippen molar-refractivity contribution in [1.82, 2.24) is 0 Å². The molecule has 0 bridgehead atoms. The summed E-state index contributed by atoms with van der Waals surface area (Å²) in [6.07, 6.45) is 11.4. The Hall–Kier alpha value is -0.560. The zero-order chi connectivity index (χ0) is 10.6. The minimum atomic E-state index is -0.186. The molecule has 0 fully saturated rings. The van der Waals surface area contributed by atoms with Gasteiger partial charge in [0.15, 0.2) is 0 Å². The highest BCUT2D eigenvalue weighted by Crippen LogP contribution is 2.37. The second-order valence-electron chi connectivity index (χ2n) is 4.78. The Morgan fingerprint density at radius 3 is 2.64 bits per heavy atom. The third-order valence-corrected chi connectivity index (χ3v) is 3.36. The summed E-state index contributed by atoms with van der Waals surface area (Å²) in [6, 6.07) is 0. The van der Waals surface area contributed by atoms with Crippen molar-refractivity contribution in [2.75, 3.05) is 0 Å². The van der Waals surface area contributed by atoms with Crippen molar-refractivity contribution in [3.63, 3.8) is 0 Å². The SMILES string of the molecule is CCC[C@H](O)C(C)(C)C1C=CC=CC1. The van der Waals surface area contributed by atoms with Crippen LogP contribution in [0.25, 0.3) is 0 Å². The van der Waals surface area contributed by atoms with E-state index in [2.05, 4.69) is 45.1 Å². The molecule has 0 saturated heterocycles. The lowest BCUT2D eigenvalue weighted by atomic mass is 9.70. The molecule has 1 N–H and O–H groups in total. The number of hydrogen-bond acceptors (Lipinski definition) is 1. The van der Waals surface area contributed by atoms with Crippen molar-refractivity contribution in [2.45, 2.75) is 46.1 Å². The highest BCUT2D eigenvalue weighted by Gasteiger charge is 2.33. The van der Waals surface area contributed by atoms with Crippen LogP contribution < -0.4 is 0 Å². The molecule has 2 atom stereocenters. The first kappa shape index (κ1) is 11.5. The second-order valence-corrected chi connectivity index (χ2v) is 4.78. The van der Waals surface area contributed by atoms with E-state index < -0.39 is 0 Å². The van der Waals surface area contributed by atoms with Gasteiger partial charge < -0.3 is 5.11 Å². The maximum absolute atomic E-state index is 10.1. The van der Waals surface area contributed by atoms with Crippen molar-refractivity contribution < 1.29 is 5.11 Å². The van der Waals surface area contributed by atoms with Crippen LogP contribution in [0.3, 0.4) is 0 Å². The molecular formula is C13H22O. The van der Waals surface area contributed by atoms with Gasteiger partial charge in [0, 0.05) is 0 Å². The summed E-state index contributed by atoms with van der Waals surface area (Å²) in [6.45, 7) is 6.46. The van der Waals surface area contributed by atoms with Gasteiger partial charge in [0.05, 0.1) is 6.10 Å². The molecule has 1 aliphatic carbocycles. The van der Waals surface area contributed by atoms with E-state index >= 15 is 0 Å². The van der Waals surface area contributed by atoms with Crippen molar-refractivity contribution in [3.8, 4) is 0 Å². The van der Waals surface area contributed by atoms with Gasteiger partial charge in [0.1, 0.15) is 0 Å². The molecule has 0 radical (unpaired) electrons. The van der Waals surface area contributed by atoms with Crippen LogP contribution in [0.15, 0.2) is 24.3 Å². The van der Waals surface area contributed by atoms with Gasteiger partial charge in [0.2, 0.25) is 0 Å². The predicted octanol–water partition coefficient (Wildman–Crippen LogP) is 3.31. The van der Waals surface area contributed by atoms with Gasteiger partial charge in [-0.2, -0.15) is 0 Å². The Morgan fingerprint density at radius 1 is 1.43 bits per heavy atom. The normalized spacial score (nSPS) is 23.9. The van der Waals surface area contributed by atoms with Gasteiger partial charge in [-0.1, -0.05) is 51.5 Å². The van der Waals surface area contributed by atoms with Gasteiger partial charge >= 0.3 is 0 Å². The molecule has 0 heterocycles. The van der Waals surface area contributed by atoms with Gasteiger partial charge in [-0.3, -0.25) is 0 Å². The number of hydrogen-bond donors (Lipinski definition) is 1. The standard InChI is InChI=1S/C13H22O/c1-4-8-12(14)13(2,3)11-9-6-5-7-10-11/h5-7,9,11-12,14H,4,8,10H2,1-3H3/t11?,12-/m0/s1. The summed E-state index contributed by atoms with van der Waals surface area (Å²) in [5, 5.41) is 10.1. The van der Waals surface area contributed by atoms with E-state index in [-0.39, 0.29) is 11.5 Å². The highest BCUT2D eigenvalue weighted by molar-refractivity contribution is 5.13. The first-order chi connectivity index (χ1) is 6.59. The predicted molar refractivity (Wildman–Crippen MR) is 61.1 cm³/mol. The monoisotopic (exact) mass is 194 g/mol. The largest absolute Gasteiger partial charge is 0.393 e. The van der Waals surface area contributed by atoms with Crippen molar-refractivity contribution in [2.24, 2.45) is 11.3 Å². The first-order valence-electron chi connectivity index (χ1n) is 5.60. The molecule has 1 aliphatic rings. The van der Waals surface area contributed by atoms with Crippen molar-refractivity contribution in [3.05, 3.63) is 24.3 Å². The third kappa shape index (κ3) is 2.48. The molecule has 0 aromatic rings. The van der Waals surface area contributed by atoms with Gasteiger partial charge in [-0.15, -0.1) is 0 Å². The van der Waals surface area contributed by atoms with Crippen molar-refractivity contribution >= 4 is 0 Å². The van der Waals surface area contributed by atoms with E-state index in [4.69, 9.17) is 0 Å². The molecule has 1 nitrogen and oxygen atoms in total. The molecular weight excluding hydrogens is 172 g/mol. The Balaban J connectivity index is 2.63. The fraction of sp³-hybridized carbons (Fsp3) is 0.692. The summed E-state index contributed by atoms with van der Waals surface area (Å²) >= 11 is 0. The van der Waals surface area contributed by atoms with Crippen LogP contribution in [-0.2, 0) is 0 Å². The second kappa shape index (κ2) is 4.79. The van der Waals surface area contributed by atoms with Crippen LogP contribution in [0, 0.1) is 11.3 Å². The van der Waals surface area contributed by atoms with Crippen LogP contribution in [0.4, 0.5) is 0 Å². The average Bonchev–Trinajstić information content (AvgIpc) is 2.19. The first-order valence-corrected chi connectivity index (χ1v) is 5.60. The maximum atomic E-state index is 10.1. The summed E-state index contributed by atoms with van der Waals surface area (Å²) in [5.74, 6) is 0.481. The lowest BCUT2D eigenvalue weighted by molar-refractivity contribution is 0.0145. The fourth-order valence-corrected chi connectivity index (χ4v) is 2.02. The molecule has 0 aliphatic heterocycles. The van der Waals surface area contributed by atoms with E-state index in [1.54, 1.807) is 0 Å². The average molecular weight is 194 g/mol. The Morgan fingerprint density at radius 2 is 2.14 bits per heavy atom. The topological polar surface area (TPSA) is 20.2 Å². The zero-order valence-corrected chi connectivity index (χ0v) is 9.53.